The van der Waals surface area contributed by atoms with Crippen LogP contribution in [0.5, 0.6) is 0 Å². The zero-order chi connectivity index (χ0) is 14.7. The summed E-state index contributed by atoms with van der Waals surface area (Å²) in [7, 11) is 0. The van der Waals surface area contributed by atoms with E-state index >= 15 is 0 Å². The van der Waals surface area contributed by atoms with Gasteiger partial charge in [-0.1, -0.05) is 18.6 Å². The van der Waals surface area contributed by atoms with Crippen molar-refractivity contribution in [1.29, 1.82) is 0 Å². The second-order valence-corrected chi connectivity index (χ2v) is 6.39. The monoisotopic (exact) mass is 301 g/mol. The van der Waals surface area contributed by atoms with Crippen LogP contribution in [0.3, 0.4) is 0 Å². The van der Waals surface area contributed by atoms with Gasteiger partial charge in [-0.25, -0.2) is 4.98 Å². The normalized spacial score (nSPS) is 18.4. The van der Waals surface area contributed by atoms with Gasteiger partial charge in [0.2, 0.25) is 5.91 Å². The fraction of sp³-hybridized carbons (Fsp3) is 0.375. The molecule has 5 heteroatoms. The minimum absolute atomic E-state index is 0.0568. The number of amides is 1. The van der Waals surface area contributed by atoms with Crippen molar-refractivity contribution in [1.82, 2.24) is 10.3 Å². The summed E-state index contributed by atoms with van der Waals surface area (Å²) in [6.07, 6.45) is 3.18. The molecule has 3 rings (SSSR count). The highest BCUT2D eigenvalue weighted by atomic mass is 32.1. The van der Waals surface area contributed by atoms with Gasteiger partial charge in [-0.05, 0) is 38.4 Å². The Morgan fingerprint density at radius 3 is 3.05 bits per heavy atom. The molecule has 110 valence electrons. The molecule has 1 saturated heterocycles. The SMILES string of the molecule is Cc1nc(-c2cccc(NC(=O)[C@H]3CCCCN3)c2)cs1. The lowest BCUT2D eigenvalue weighted by Crippen LogP contribution is -2.43. The molecule has 0 aliphatic carbocycles. The number of hydrogen-bond acceptors (Lipinski definition) is 4. The molecule has 2 aromatic rings. The molecule has 1 aliphatic heterocycles. The molecule has 2 heterocycles. The van der Waals surface area contributed by atoms with Gasteiger partial charge in [0.05, 0.1) is 16.7 Å². The van der Waals surface area contributed by atoms with E-state index in [1.54, 1.807) is 11.3 Å². The Kier molecular flexibility index (Phi) is 4.31. The molecular formula is C16H19N3OS. The quantitative estimate of drug-likeness (QED) is 0.915. The molecule has 2 N–H and O–H groups in total. The van der Waals surface area contributed by atoms with Gasteiger partial charge in [0.25, 0.3) is 0 Å². The summed E-state index contributed by atoms with van der Waals surface area (Å²) >= 11 is 1.63. The highest BCUT2D eigenvalue weighted by Gasteiger charge is 2.20. The maximum absolute atomic E-state index is 12.2. The predicted molar refractivity (Wildman–Crippen MR) is 86.6 cm³/mol. The maximum Gasteiger partial charge on any atom is 0.241 e. The highest BCUT2D eigenvalue weighted by molar-refractivity contribution is 7.09. The molecule has 0 unspecified atom stereocenters. The van der Waals surface area contributed by atoms with Gasteiger partial charge in [0.15, 0.2) is 0 Å². The third-order valence-corrected chi connectivity index (χ3v) is 4.45. The van der Waals surface area contributed by atoms with E-state index in [1.807, 2.05) is 36.6 Å². The van der Waals surface area contributed by atoms with E-state index in [0.29, 0.717) is 0 Å². The molecule has 0 bridgehead atoms. The van der Waals surface area contributed by atoms with Crippen LogP contribution >= 0.6 is 11.3 Å². The van der Waals surface area contributed by atoms with Gasteiger partial charge in [0, 0.05) is 16.6 Å². The molecular weight excluding hydrogens is 282 g/mol. The Morgan fingerprint density at radius 2 is 2.33 bits per heavy atom. The predicted octanol–water partition coefficient (Wildman–Crippen LogP) is 3.20. The smallest absolute Gasteiger partial charge is 0.241 e. The van der Waals surface area contributed by atoms with E-state index in [9.17, 15) is 4.79 Å². The molecule has 1 aromatic heterocycles. The lowest BCUT2D eigenvalue weighted by atomic mass is 10.0. The average molecular weight is 301 g/mol. The molecule has 0 saturated carbocycles. The van der Waals surface area contributed by atoms with Crippen LogP contribution in [0.1, 0.15) is 24.3 Å². The van der Waals surface area contributed by atoms with Crippen molar-refractivity contribution in [3.05, 3.63) is 34.7 Å². The van der Waals surface area contributed by atoms with E-state index in [4.69, 9.17) is 0 Å². The number of carbonyl (C=O) groups excluding carboxylic acids is 1. The number of hydrogen-bond donors (Lipinski definition) is 2. The summed E-state index contributed by atoms with van der Waals surface area (Å²) in [4.78, 5) is 16.7. The first-order valence-electron chi connectivity index (χ1n) is 7.29. The number of benzene rings is 1. The third-order valence-electron chi connectivity index (χ3n) is 3.67. The maximum atomic E-state index is 12.2. The number of carbonyl (C=O) groups is 1. The Hall–Kier alpha value is -1.72. The van der Waals surface area contributed by atoms with Crippen LogP contribution in [0.2, 0.25) is 0 Å². The topological polar surface area (TPSA) is 54.0 Å². The van der Waals surface area contributed by atoms with E-state index in [1.165, 1.54) is 0 Å². The van der Waals surface area contributed by atoms with Crippen LogP contribution in [-0.2, 0) is 4.79 Å². The van der Waals surface area contributed by atoms with Crippen LogP contribution in [0.15, 0.2) is 29.6 Å². The van der Waals surface area contributed by atoms with Gasteiger partial charge in [-0.15, -0.1) is 11.3 Å². The van der Waals surface area contributed by atoms with Crippen molar-refractivity contribution in [2.75, 3.05) is 11.9 Å². The standard InChI is InChI=1S/C16H19N3OS/c1-11-18-15(10-21-11)12-5-4-6-13(9-12)19-16(20)14-7-2-3-8-17-14/h4-6,9-10,14,17H,2-3,7-8H2,1H3,(H,19,20)/t14-/m1/s1. The number of nitrogens with zero attached hydrogens (tertiary/aromatic N) is 1. The second-order valence-electron chi connectivity index (χ2n) is 5.32. The van der Waals surface area contributed by atoms with Gasteiger partial charge < -0.3 is 10.6 Å². The second kappa shape index (κ2) is 6.37. The zero-order valence-corrected chi connectivity index (χ0v) is 12.9. The number of aromatic nitrogens is 1. The molecule has 1 aromatic carbocycles. The Balaban J connectivity index is 1.72. The van der Waals surface area contributed by atoms with Crippen molar-refractivity contribution >= 4 is 22.9 Å². The average Bonchev–Trinajstić information content (AvgIpc) is 2.95. The molecule has 1 aliphatic rings. The fourth-order valence-corrected chi connectivity index (χ4v) is 3.18. The third kappa shape index (κ3) is 3.49. The molecule has 0 radical (unpaired) electrons. The number of aryl methyl sites for hydroxylation is 1. The number of thiazole rings is 1. The molecule has 21 heavy (non-hydrogen) atoms. The van der Waals surface area contributed by atoms with E-state index < -0.39 is 0 Å². The summed E-state index contributed by atoms with van der Waals surface area (Å²) in [5, 5.41) is 9.36. The Morgan fingerprint density at radius 1 is 1.43 bits per heavy atom. The Bertz CT molecular complexity index is 632. The van der Waals surface area contributed by atoms with Crippen LogP contribution in [-0.4, -0.2) is 23.5 Å². The number of anilines is 1. The summed E-state index contributed by atoms with van der Waals surface area (Å²) in [6, 6.07) is 7.80. The zero-order valence-electron chi connectivity index (χ0n) is 12.1. The summed E-state index contributed by atoms with van der Waals surface area (Å²) in [6.45, 7) is 2.92. The number of nitrogens with one attached hydrogen (secondary N) is 2. The molecule has 1 atom stereocenters. The first-order valence-corrected chi connectivity index (χ1v) is 8.17. The minimum atomic E-state index is -0.0658. The van der Waals surface area contributed by atoms with Crippen molar-refractivity contribution in [2.24, 2.45) is 0 Å². The van der Waals surface area contributed by atoms with Gasteiger partial charge in [0.1, 0.15) is 0 Å². The highest BCUT2D eigenvalue weighted by Crippen LogP contribution is 2.24. The molecule has 0 spiro atoms. The lowest BCUT2D eigenvalue weighted by molar-refractivity contribution is -0.118. The summed E-state index contributed by atoms with van der Waals surface area (Å²) in [5.74, 6) is 0.0568. The van der Waals surface area contributed by atoms with Gasteiger partial charge >= 0.3 is 0 Å². The van der Waals surface area contributed by atoms with Crippen molar-refractivity contribution in [3.63, 3.8) is 0 Å². The van der Waals surface area contributed by atoms with E-state index in [0.717, 1.165) is 47.8 Å². The van der Waals surface area contributed by atoms with Crippen molar-refractivity contribution in [3.8, 4) is 11.3 Å². The van der Waals surface area contributed by atoms with E-state index in [-0.39, 0.29) is 11.9 Å². The van der Waals surface area contributed by atoms with Crippen molar-refractivity contribution < 1.29 is 4.79 Å². The number of piperidine rings is 1. The van der Waals surface area contributed by atoms with Gasteiger partial charge in [-0.3, -0.25) is 4.79 Å². The van der Waals surface area contributed by atoms with Crippen LogP contribution < -0.4 is 10.6 Å². The minimum Gasteiger partial charge on any atom is -0.325 e. The van der Waals surface area contributed by atoms with Crippen LogP contribution in [0, 0.1) is 6.92 Å². The largest absolute Gasteiger partial charge is 0.325 e. The lowest BCUT2D eigenvalue weighted by Gasteiger charge is -2.22. The first-order chi connectivity index (χ1) is 10.2. The molecule has 1 amide bonds. The van der Waals surface area contributed by atoms with Crippen molar-refractivity contribution in [2.45, 2.75) is 32.2 Å². The molecule has 4 nitrogen and oxygen atoms in total. The van der Waals surface area contributed by atoms with Gasteiger partial charge in [-0.2, -0.15) is 0 Å². The van der Waals surface area contributed by atoms with Crippen LogP contribution in [0.4, 0.5) is 5.69 Å². The van der Waals surface area contributed by atoms with E-state index in [2.05, 4.69) is 15.6 Å². The fourth-order valence-electron chi connectivity index (χ4n) is 2.56. The first kappa shape index (κ1) is 14.2. The number of rotatable bonds is 3. The summed E-state index contributed by atoms with van der Waals surface area (Å²) in [5.41, 5.74) is 2.83. The van der Waals surface area contributed by atoms with Crippen LogP contribution in [0.25, 0.3) is 11.3 Å². The summed E-state index contributed by atoms with van der Waals surface area (Å²) < 4.78 is 0. The molecule has 1 fully saturated rings. The Labute approximate surface area is 128 Å².